The van der Waals surface area contributed by atoms with Gasteiger partial charge in [-0.2, -0.15) is 0 Å². The number of benzene rings is 3. The van der Waals surface area contributed by atoms with E-state index in [2.05, 4.69) is 24.3 Å². The van der Waals surface area contributed by atoms with E-state index in [-0.39, 0.29) is 11.7 Å². The zero-order valence-electron chi connectivity index (χ0n) is 14.8. The Morgan fingerprint density at radius 1 is 0.885 bits per heavy atom. The predicted octanol–water partition coefficient (Wildman–Crippen LogP) is 5.77. The van der Waals surface area contributed by atoms with Crippen LogP contribution in [0.15, 0.2) is 91.0 Å². The molecule has 0 spiro atoms. The van der Waals surface area contributed by atoms with Gasteiger partial charge >= 0.3 is 0 Å². The van der Waals surface area contributed by atoms with Crippen molar-refractivity contribution in [3.63, 3.8) is 0 Å². The number of carbonyl (C=O) groups is 1. The van der Waals surface area contributed by atoms with Crippen molar-refractivity contribution in [3.05, 3.63) is 108 Å². The summed E-state index contributed by atoms with van der Waals surface area (Å²) < 4.78 is 5.24. The summed E-state index contributed by atoms with van der Waals surface area (Å²) in [5, 5.41) is 0. The van der Waals surface area contributed by atoms with Gasteiger partial charge in [0.25, 0.3) is 0 Å². The highest BCUT2D eigenvalue weighted by Crippen LogP contribution is 2.26. The average Bonchev–Trinajstić information content (AvgIpc) is 2.72. The van der Waals surface area contributed by atoms with Crippen LogP contribution in [0.5, 0.6) is 5.75 Å². The third kappa shape index (κ3) is 4.70. The molecule has 130 valence electrons. The van der Waals surface area contributed by atoms with Crippen LogP contribution >= 0.6 is 0 Å². The summed E-state index contributed by atoms with van der Waals surface area (Å²) in [4.78, 5) is 12.7. The van der Waals surface area contributed by atoms with Gasteiger partial charge in [0, 0.05) is 17.9 Å². The first-order valence-corrected chi connectivity index (χ1v) is 8.72. The summed E-state index contributed by atoms with van der Waals surface area (Å²) in [7, 11) is 1.65. The van der Waals surface area contributed by atoms with Crippen molar-refractivity contribution in [1.29, 1.82) is 0 Å². The molecule has 2 nitrogen and oxygen atoms in total. The quantitative estimate of drug-likeness (QED) is 0.510. The Hall–Kier alpha value is -3.13. The van der Waals surface area contributed by atoms with Gasteiger partial charge in [0.2, 0.25) is 0 Å². The highest BCUT2D eigenvalue weighted by molar-refractivity contribution is 5.96. The van der Waals surface area contributed by atoms with Crippen LogP contribution in [0.4, 0.5) is 0 Å². The van der Waals surface area contributed by atoms with Gasteiger partial charge in [-0.05, 0) is 23.3 Å². The van der Waals surface area contributed by atoms with Crippen molar-refractivity contribution in [3.8, 4) is 5.75 Å². The van der Waals surface area contributed by atoms with Gasteiger partial charge in [-0.3, -0.25) is 4.79 Å². The lowest BCUT2D eigenvalue weighted by molar-refractivity contribution is 0.0978. The number of carbonyl (C=O) groups excluding carboxylic acids is 1. The smallest absolute Gasteiger partial charge is 0.163 e. The SMILES string of the molecule is COc1ccc(C(/C=C/c2ccccc2)CC(=O)c2ccccc2)cc1. The minimum Gasteiger partial charge on any atom is -0.497 e. The van der Waals surface area contributed by atoms with E-state index in [1.165, 1.54) is 0 Å². The van der Waals surface area contributed by atoms with Crippen molar-refractivity contribution >= 4 is 11.9 Å². The minimum absolute atomic E-state index is 0.00817. The second-order valence-corrected chi connectivity index (χ2v) is 6.14. The first kappa shape index (κ1) is 17.7. The molecule has 0 aliphatic heterocycles. The maximum atomic E-state index is 12.7. The molecule has 1 atom stereocenters. The molecule has 0 heterocycles. The molecule has 0 N–H and O–H groups in total. The Balaban J connectivity index is 1.85. The Morgan fingerprint density at radius 2 is 1.50 bits per heavy atom. The van der Waals surface area contributed by atoms with E-state index in [0.29, 0.717) is 6.42 Å². The van der Waals surface area contributed by atoms with E-state index >= 15 is 0 Å². The van der Waals surface area contributed by atoms with E-state index in [9.17, 15) is 4.79 Å². The predicted molar refractivity (Wildman–Crippen MR) is 107 cm³/mol. The molecule has 2 heteroatoms. The first-order valence-electron chi connectivity index (χ1n) is 8.72. The fourth-order valence-electron chi connectivity index (χ4n) is 2.88. The van der Waals surface area contributed by atoms with Gasteiger partial charge in [-0.25, -0.2) is 0 Å². The fourth-order valence-corrected chi connectivity index (χ4v) is 2.88. The number of ketones is 1. The van der Waals surface area contributed by atoms with Crippen molar-refractivity contribution < 1.29 is 9.53 Å². The maximum Gasteiger partial charge on any atom is 0.163 e. The third-order valence-corrected chi connectivity index (χ3v) is 4.37. The molecule has 0 bridgehead atoms. The summed E-state index contributed by atoms with van der Waals surface area (Å²) in [6, 6.07) is 27.5. The molecule has 0 amide bonds. The van der Waals surface area contributed by atoms with Crippen molar-refractivity contribution in [2.45, 2.75) is 12.3 Å². The van der Waals surface area contributed by atoms with Crippen LogP contribution in [-0.2, 0) is 0 Å². The number of rotatable bonds is 7. The second-order valence-electron chi connectivity index (χ2n) is 6.14. The highest BCUT2D eigenvalue weighted by Gasteiger charge is 2.15. The topological polar surface area (TPSA) is 26.3 Å². The molecule has 3 aromatic rings. The monoisotopic (exact) mass is 342 g/mol. The Bertz CT molecular complexity index is 850. The molecule has 0 fully saturated rings. The van der Waals surface area contributed by atoms with Crippen LogP contribution in [0.1, 0.15) is 33.8 Å². The van der Waals surface area contributed by atoms with Gasteiger partial charge < -0.3 is 4.74 Å². The summed E-state index contributed by atoms with van der Waals surface area (Å²) in [5.41, 5.74) is 2.97. The average molecular weight is 342 g/mol. The summed E-state index contributed by atoms with van der Waals surface area (Å²) in [6.45, 7) is 0. The van der Waals surface area contributed by atoms with E-state index in [1.54, 1.807) is 7.11 Å². The third-order valence-electron chi connectivity index (χ3n) is 4.37. The van der Waals surface area contributed by atoms with E-state index < -0.39 is 0 Å². The first-order chi connectivity index (χ1) is 12.8. The number of allylic oxidation sites excluding steroid dienone is 1. The van der Waals surface area contributed by atoms with Crippen LogP contribution in [0.25, 0.3) is 6.08 Å². The molecule has 1 unspecified atom stereocenters. The second kappa shape index (κ2) is 8.82. The molecule has 0 saturated carbocycles. The largest absolute Gasteiger partial charge is 0.497 e. The van der Waals surface area contributed by atoms with Crippen LogP contribution in [0, 0.1) is 0 Å². The van der Waals surface area contributed by atoms with Gasteiger partial charge in [0.1, 0.15) is 5.75 Å². The standard InChI is InChI=1S/C24H22O2/c1-26-23-16-14-20(15-17-23)22(13-12-19-8-4-2-5-9-19)18-24(25)21-10-6-3-7-11-21/h2-17,22H,18H2,1H3/b13-12+. The van der Waals surface area contributed by atoms with E-state index in [1.807, 2.05) is 72.8 Å². The zero-order valence-corrected chi connectivity index (χ0v) is 14.8. The molecular formula is C24H22O2. The van der Waals surface area contributed by atoms with Crippen molar-refractivity contribution in [2.75, 3.05) is 7.11 Å². The lowest BCUT2D eigenvalue weighted by atomic mass is 9.90. The molecule has 0 radical (unpaired) electrons. The molecule has 3 rings (SSSR count). The fraction of sp³-hybridized carbons (Fsp3) is 0.125. The summed E-state index contributed by atoms with van der Waals surface area (Å²) in [6.07, 6.45) is 4.62. The van der Waals surface area contributed by atoms with Gasteiger partial charge in [-0.1, -0.05) is 84.9 Å². The normalized spacial score (nSPS) is 12.0. The van der Waals surface area contributed by atoms with Crippen LogP contribution < -0.4 is 4.74 Å². The van der Waals surface area contributed by atoms with Gasteiger partial charge in [0.15, 0.2) is 5.78 Å². The van der Waals surface area contributed by atoms with Crippen LogP contribution in [-0.4, -0.2) is 12.9 Å². The lowest BCUT2D eigenvalue weighted by Gasteiger charge is -2.14. The van der Waals surface area contributed by atoms with E-state index in [4.69, 9.17) is 4.74 Å². The van der Waals surface area contributed by atoms with Crippen LogP contribution in [0.3, 0.4) is 0 Å². The number of hydrogen-bond donors (Lipinski definition) is 0. The molecule has 26 heavy (non-hydrogen) atoms. The summed E-state index contributed by atoms with van der Waals surface area (Å²) >= 11 is 0. The number of methoxy groups -OCH3 is 1. The van der Waals surface area contributed by atoms with Crippen molar-refractivity contribution in [2.24, 2.45) is 0 Å². The van der Waals surface area contributed by atoms with Crippen LogP contribution in [0.2, 0.25) is 0 Å². The molecule has 3 aromatic carbocycles. The van der Waals surface area contributed by atoms with E-state index in [0.717, 1.165) is 22.4 Å². The maximum absolute atomic E-state index is 12.7. The lowest BCUT2D eigenvalue weighted by Crippen LogP contribution is -2.06. The highest BCUT2D eigenvalue weighted by atomic mass is 16.5. The Morgan fingerprint density at radius 3 is 2.12 bits per heavy atom. The van der Waals surface area contributed by atoms with Crippen molar-refractivity contribution in [1.82, 2.24) is 0 Å². The molecule has 0 aliphatic carbocycles. The number of hydrogen-bond acceptors (Lipinski definition) is 2. The number of ether oxygens (including phenoxy) is 1. The molecular weight excluding hydrogens is 320 g/mol. The minimum atomic E-state index is 0.00817. The molecule has 0 saturated heterocycles. The number of Topliss-reactive ketones (excluding diaryl/α,β-unsaturated/α-hetero) is 1. The van der Waals surface area contributed by atoms with Gasteiger partial charge in [0.05, 0.1) is 7.11 Å². The molecule has 0 aromatic heterocycles. The summed E-state index contributed by atoms with van der Waals surface area (Å²) in [5.74, 6) is 0.965. The Kier molecular flexibility index (Phi) is 6.00. The van der Waals surface area contributed by atoms with Gasteiger partial charge in [-0.15, -0.1) is 0 Å². The zero-order chi connectivity index (χ0) is 18.2. The molecule has 0 aliphatic rings. The Labute approximate surface area is 154 Å².